The molecule has 0 saturated heterocycles. The van der Waals surface area contributed by atoms with Crippen LogP contribution < -0.4 is 10.6 Å². The Morgan fingerprint density at radius 2 is 1.78 bits per heavy atom. The van der Waals surface area contributed by atoms with Gasteiger partial charge in [0.2, 0.25) is 0 Å². The van der Waals surface area contributed by atoms with Gasteiger partial charge in [-0.05, 0) is 43.7 Å². The molecule has 1 aromatic heterocycles. The number of carbonyl (C=O) groups excluding carboxylic acids is 1. The lowest BCUT2D eigenvalue weighted by Gasteiger charge is -2.22. The number of aryl methyl sites for hydroxylation is 1. The monoisotopic (exact) mass is 483 g/mol. The molecule has 2 rings (SSSR count). The van der Waals surface area contributed by atoms with E-state index in [1.165, 1.54) is 5.69 Å². The van der Waals surface area contributed by atoms with Crippen LogP contribution in [0, 0.1) is 0 Å². The van der Waals surface area contributed by atoms with Gasteiger partial charge >= 0.3 is 0 Å². The number of halogens is 1. The van der Waals surface area contributed by atoms with Crippen molar-refractivity contribution in [2.75, 3.05) is 20.1 Å². The van der Waals surface area contributed by atoms with Crippen molar-refractivity contribution >= 4 is 35.8 Å². The van der Waals surface area contributed by atoms with E-state index in [2.05, 4.69) is 33.1 Å². The number of rotatable bonds is 7. The Hall–Kier alpha value is -2.03. The molecule has 0 unspecified atom stereocenters. The van der Waals surface area contributed by atoms with Gasteiger partial charge in [-0.1, -0.05) is 12.1 Å². The number of amides is 1. The molecule has 2 N–H and O–H groups in total. The maximum Gasteiger partial charge on any atom is 0.251 e. The fraction of sp³-hybridized carbons (Fsp3) is 0.400. The summed E-state index contributed by atoms with van der Waals surface area (Å²) in [5.41, 5.74) is 2.97. The Balaban J connectivity index is 0.00000364. The van der Waals surface area contributed by atoms with Crippen molar-refractivity contribution < 1.29 is 4.79 Å². The summed E-state index contributed by atoms with van der Waals surface area (Å²) in [4.78, 5) is 18.7. The molecule has 27 heavy (non-hydrogen) atoms. The molecule has 0 saturated carbocycles. The Morgan fingerprint density at radius 3 is 2.33 bits per heavy atom. The van der Waals surface area contributed by atoms with E-state index in [-0.39, 0.29) is 29.9 Å². The highest BCUT2D eigenvalue weighted by Crippen LogP contribution is 2.08. The van der Waals surface area contributed by atoms with Crippen molar-refractivity contribution in [2.45, 2.75) is 26.9 Å². The zero-order valence-electron chi connectivity index (χ0n) is 16.5. The minimum atomic E-state index is -0.0433. The normalized spacial score (nSPS) is 10.9. The number of carbonyl (C=O) groups is 1. The number of guanidine groups is 1. The highest BCUT2D eigenvalue weighted by Gasteiger charge is 2.08. The minimum absolute atomic E-state index is 0. The van der Waals surface area contributed by atoms with E-state index in [0.29, 0.717) is 18.7 Å². The fourth-order valence-electron chi connectivity index (χ4n) is 2.64. The summed E-state index contributed by atoms with van der Waals surface area (Å²) in [6.07, 6.45) is 2.05. The van der Waals surface area contributed by atoms with Crippen LogP contribution in [0.2, 0.25) is 0 Å². The number of nitrogens with zero attached hydrogens (tertiary/aromatic N) is 3. The van der Waals surface area contributed by atoms with E-state index >= 15 is 0 Å². The predicted octanol–water partition coefficient (Wildman–Crippen LogP) is 2.99. The maximum absolute atomic E-state index is 11.8. The number of hydrogen-bond donors (Lipinski definition) is 2. The molecule has 1 amide bonds. The molecule has 1 heterocycles. The van der Waals surface area contributed by atoms with Gasteiger partial charge < -0.3 is 20.1 Å². The standard InChI is InChI=1S/C20H29N5O.HI/c1-5-21-19(26)17-11-9-16(10-12-17)14-23-20(22-6-2)25(4)15-18-8-7-13-24(18)3;/h7-13H,5-6,14-15H2,1-4H3,(H,21,26)(H,22,23);1H. The first kappa shape index (κ1) is 23.0. The lowest BCUT2D eigenvalue weighted by Crippen LogP contribution is -2.38. The van der Waals surface area contributed by atoms with Gasteiger partial charge in [0.1, 0.15) is 0 Å². The quantitative estimate of drug-likeness (QED) is 0.362. The average Bonchev–Trinajstić information content (AvgIpc) is 3.04. The van der Waals surface area contributed by atoms with Gasteiger partial charge in [-0.25, -0.2) is 4.99 Å². The zero-order valence-corrected chi connectivity index (χ0v) is 18.9. The van der Waals surface area contributed by atoms with Gasteiger partial charge in [0.25, 0.3) is 5.91 Å². The summed E-state index contributed by atoms with van der Waals surface area (Å²) in [7, 11) is 4.08. The Morgan fingerprint density at radius 1 is 1.11 bits per heavy atom. The lowest BCUT2D eigenvalue weighted by molar-refractivity contribution is 0.0956. The molecule has 1 aromatic carbocycles. The van der Waals surface area contributed by atoms with Crippen LogP contribution in [0.3, 0.4) is 0 Å². The Labute approximate surface area is 179 Å². The summed E-state index contributed by atoms with van der Waals surface area (Å²) in [6, 6.07) is 11.8. The van der Waals surface area contributed by atoms with Crippen molar-refractivity contribution in [1.82, 2.24) is 20.1 Å². The van der Waals surface area contributed by atoms with Gasteiger partial charge in [-0.2, -0.15) is 0 Å². The smallest absolute Gasteiger partial charge is 0.251 e. The molecule has 0 fully saturated rings. The number of aromatic nitrogens is 1. The number of hydrogen-bond acceptors (Lipinski definition) is 2. The first-order valence-electron chi connectivity index (χ1n) is 9.02. The fourth-order valence-corrected chi connectivity index (χ4v) is 2.64. The highest BCUT2D eigenvalue weighted by molar-refractivity contribution is 14.0. The average molecular weight is 483 g/mol. The van der Waals surface area contributed by atoms with Crippen LogP contribution in [0.4, 0.5) is 0 Å². The third-order valence-electron chi connectivity index (χ3n) is 4.11. The highest BCUT2D eigenvalue weighted by atomic mass is 127. The van der Waals surface area contributed by atoms with Crippen molar-refractivity contribution in [1.29, 1.82) is 0 Å². The van der Waals surface area contributed by atoms with Crippen LogP contribution in [0.25, 0.3) is 0 Å². The molecule has 0 atom stereocenters. The van der Waals surface area contributed by atoms with Crippen LogP contribution in [0.5, 0.6) is 0 Å². The zero-order chi connectivity index (χ0) is 18.9. The van der Waals surface area contributed by atoms with E-state index in [4.69, 9.17) is 4.99 Å². The first-order valence-corrected chi connectivity index (χ1v) is 9.02. The SMILES string of the molecule is CCNC(=O)c1ccc(CN=C(NCC)N(C)Cc2cccn2C)cc1.I. The minimum Gasteiger partial charge on any atom is -0.357 e. The van der Waals surface area contributed by atoms with Crippen LogP contribution >= 0.6 is 24.0 Å². The molecule has 7 heteroatoms. The molecular weight excluding hydrogens is 453 g/mol. The first-order chi connectivity index (χ1) is 12.5. The Bertz CT molecular complexity index is 739. The van der Waals surface area contributed by atoms with Crippen LogP contribution in [-0.4, -0.2) is 41.5 Å². The number of benzene rings is 1. The van der Waals surface area contributed by atoms with Gasteiger partial charge in [-0.15, -0.1) is 24.0 Å². The van der Waals surface area contributed by atoms with E-state index in [1.54, 1.807) is 0 Å². The summed E-state index contributed by atoms with van der Waals surface area (Å²) in [5, 5.41) is 6.14. The third kappa shape index (κ3) is 6.89. The van der Waals surface area contributed by atoms with Crippen LogP contribution in [0.15, 0.2) is 47.6 Å². The number of nitrogens with one attached hydrogen (secondary N) is 2. The molecule has 148 valence electrons. The summed E-state index contributed by atoms with van der Waals surface area (Å²) in [6.45, 7) is 6.76. The van der Waals surface area contributed by atoms with Gasteiger partial charge in [0, 0.05) is 44.6 Å². The molecule has 0 radical (unpaired) electrons. The third-order valence-corrected chi connectivity index (χ3v) is 4.11. The molecule has 0 spiro atoms. The van der Waals surface area contributed by atoms with Crippen LogP contribution in [-0.2, 0) is 20.1 Å². The van der Waals surface area contributed by atoms with E-state index < -0.39 is 0 Å². The van der Waals surface area contributed by atoms with E-state index in [0.717, 1.165) is 24.6 Å². The predicted molar refractivity (Wildman–Crippen MR) is 122 cm³/mol. The molecule has 0 aliphatic heterocycles. The topological polar surface area (TPSA) is 61.7 Å². The summed E-state index contributed by atoms with van der Waals surface area (Å²) in [5.74, 6) is 0.819. The lowest BCUT2D eigenvalue weighted by atomic mass is 10.1. The second-order valence-electron chi connectivity index (χ2n) is 6.19. The summed E-state index contributed by atoms with van der Waals surface area (Å²) >= 11 is 0. The van der Waals surface area contributed by atoms with E-state index in [9.17, 15) is 4.79 Å². The molecular formula is C20H30IN5O. The van der Waals surface area contributed by atoms with Gasteiger partial charge in [0.05, 0.1) is 13.1 Å². The summed E-state index contributed by atoms with van der Waals surface area (Å²) < 4.78 is 2.11. The van der Waals surface area contributed by atoms with Crippen molar-refractivity contribution in [3.05, 3.63) is 59.4 Å². The van der Waals surface area contributed by atoms with Gasteiger partial charge in [0.15, 0.2) is 5.96 Å². The van der Waals surface area contributed by atoms with Crippen molar-refractivity contribution in [3.8, 4) is 0 Å². The molecule has 0 aliphatic rings. The maximum atomic E-state index is 11.8. The van der Waals surface area contributed by atoms with Crippen LogP contribution in [0.1, 0.15) is 35.5 Å². The molecule has 6 nitrogen and oxygen atoms in total. The second-order valence-corrected chi connectivity index (χ2v) is 6.19. The van der Waals surface area contributed by atoms with E-state index in [1.807, 2.05) is 57.5 Å². The largest absolute Gasteiger partial charge is 0.357 e. The Kier molecular flexibility index (Phi) is 9.92. The molecule has 0 bridgehead atoms. The van der Waals surface area contributed by atoms with Crippen molar-refractivity contribution in [3.63, 3.8) is 0 Å². The number of aliphatic imine (C=N–C) groups is 1. The second kappa shape index (κ2) is 11.6. The molecule has 2 aromatic rings. The molecule has 0 aliphatic carbocycles. The van der Waals surface area contributed by atoms with Crippen molar-refractivity contribution in [2.24, 2.45) is 12.0 Å². The van der Waals surface area contributed by atoms with Gasteiger partial charge in [-0.3, -0.25) is 4.79 Å².